The first-order valence-electron chi connectivity index (χ1n) is 7.32. The van der Waals surface area contributed by atoms with Gasteiger partial charge in [0.05, 0.1) is 18.3 Å². The third kappa shape index (κ3) is 4.07. The average molecular weight is 305 g/mol. The number of hydrogen-bond acceptors (Lipinski definition) is 3. The van der Waals surface area contributed by atoms with Gasteiger partial charge in [0.1, 0.15) is 0 Å². The number of rotatable bonds is 5. The highest BCUT2D eigenvalue weighted by atomic mass is 16.4. The van der Waals surface area contributed by atoms with Gasteiger partial charge in [0, 0.05) is 5.69 Å². The predicted molar refractivity (Wildman–Crippen MR) is 79.5 cm³/mol. The maximum absolute atomic E-state index is 12.3. The minimum Gasteiger partial charge on any atom is -0.481 e. The smallest absolute Gasteiger partial charge is 0.307 e. The van der Waals surface area contributed by atoms with Crippen LogP contribution in [-0.2, 0) is 20.8 Å². The first-order valence-corrected chi connectivity index (χ1v) is 7.32. The van der Waals surface area contributed by atoms with Crippen molar-refractivity contribution in [3.8, 4) is 0 Å². The molecule has 118 valence electrons. The van der Waals surface area contributed by atoms with Crippen molar-refractivity contribution in [1.29, 1.82) is 0 Å². The number of carboxylic acids is 2. The zero-order chi connectivity index (χ0) is 16.1. The number of carboxylic acid groups (broad SMARTS) is 2. The second-order valence-corrected chi connectivity index (χ2v) is 5.59. The number of hydrogen-bond donors (Lipinski definition) is 3. The van der Waals surface area contributed by atoms with Crippen LogP contribution in [0.5, 0.6) is 0 Å². The highest BCUT2D eigenvalue weighted by molar-refractivity contribution is 5.95. The van der Waals surface area contributed by atoms with Crippen LogP contribution >= 0.6 is 0 Å². The van der Waals surface area contributed by atoms with E-state index in [1.165, 1.54) is 0 Å². The minimum atomic E-state index is -0.920. The molecule has 0 spiro atoms. The molecule has 0 saturated heterocycles. The Morgan fingerprint density at radius 1 is 1.00 bits per heavy atom. The summed E-state index contributed by atoms with van der Waals surface area (Å²) in [5.74, 6) is -3.25. The Bertz CT molecular complexity index is 566. The van der Waals surface area contributed by atoms with E-state index in [0.29, 0.717) is 24.1 Å². The standard InChI is InChI=1S/C16H19NO5/c18-14(19)9-10-5-7-11(8-6-10)17-15(20)12-3-1-2-4-13(12)16(21)22/h5-8,12-13H,1-4,9H2,(H,17,20)(H,18,19)(H,21,22)/t12-,13-/m1/s1. The molecule has 22 heavy (non-hydrogen) atoms. The van der Waals surface area contributed by atoms with Crippen molar-refractivity contribution in [1.82, 2.24) is 0 Å². The van der Waals surface area contributed by atoms with Gasteiger partial charge in [0.25, 0.3) is 0 Å². The van der Waals surface area contributed by atoms with Gasteiger partial charge >= 0.3 is 11.9 Å². The third-order valence-electron chi connectivity index (χ3n) is 4.00. The zero-order valence-electron chi connectivity index (χ0n) is 12.1. The van der Waals surface area contributed by atoms with Crippen LogP contribution in [-0.4, -0.2) is 28.1 Å². The first kappa shape index (κ1) is 16.0. The largest absolute Gasteiger partial charge is 0.481 e. The lowest BCUT2D eigenvalue weighted by Gasteiger charge is -2.27. The molecule has 0 aromatic heterocycles. The van der Waals surface area contributed by atoms with Crippen molar-refractivity contribution < 1.29 is 24.6 Å². The molecule has 1 saturated carbocycles. The van der Waals surface area contributed by atoms with Gasteiger partial charge in [-0.25, -0.2) is 0 Å². The molecule has 1 aromatic carbocycles. The van der Waals surface area contributed by atoms with Gasteiger partial charge in [-0.05, 0) is 30.5 Å². The van der Waals surface area contributed by atoms with Crippen molar-refractivity contribution >= 4 is 23.5 Å². The van der Waals surface area contributed by atoms with E-state index in [-0.39, 0.29) is 12.3 Å². The number of amides is 1. The molecule has 0 radical (unpaired) electrons. The van der Waals surface area contributed by atoms with Gasteiger partial charge in [-0.3, -0.25) is 14.4 Å². The minimum absolute atomic E-state index is 0.0715. The number of carbonyl (C=O) groups excluding carboxylic acids is 1. The van der Waals surface area contributed by atoms with Crippen LogP contribution < -0.4 is 5.32 Å². The van der Waals surface area contributed by atoms with Crippen molar-refractivity contribution in [3.05, 3.63) is 29.8 Å². The fraction of sp³-hybridized carbons (Fsp3) is 0.438. The number of benzene rings is 1. The summed E-state index contributed by atoms with van der Waals surface area (Å²) in [6.07, 6.45) is 2.74. The second-order valence-electron chi connectivity index (χ2n) is 5.59. The second kappa shape index (κ2) is 7.06. The molecule has 3 N–H and O–H groups in total. The van der Waals surface area contributed by atoms with Gasteiger partial charge in [0.15, 0.2) is 0 Å². The number of aliphatic carboxylic acids is 2. The summed E-state index contributed by atoms with van der Waals surface area (Å²) < 4.78 is 0. The molecule has 2 atom stereocenters. The van der Waals surface area contributed by atoms with Gasteiger partial charge in [0.2, 0.25) is 5.91 Å². The molecule has 2 rings (SSSR count). The lowest BCUT2D eigenvalue weighted by atomic mass is 9.78. The van der Waals surface area contributed by atoms with E-state index in [2.05, 4.69) is 5.32 Å². The van der Waals surface area contributed by atoms with Crippen molar-refractivity contribution in [2.75, 3.05) is 5.32 Å². The van der Waals surface area contributed by atoms with Crippen LogP contribution in [0.3, 0.4) is 0 Å². The molecular formula is C16H19NO5. The molecule has 1 aromatic rings. The quantitative estimate of drug-likeness (QED) is 0.773. The molecule has 1 aliphatic carbocycles. The Hall–Kier alpha value is -2.37. The summed E-state index contributed by atoms with van der Waals surface area (Å²) in [5.41, 5.74) is 1.19. The zero-order valence-corrected chi connectivity index (χ0v) is 12.1. The molecule has 0 aliphatic heterocycles. The molecule has 1 aliphatic rings. The normalized spacial score (nSPS) is 21.1. The molecule has 1 fully saturated rings. The fourth-order valence-corrected chi connectivity index (χ4v) is 2.86. The summed E-state index contributed by atoms with van der Waals surface area (Å²) in [5, 5.41) is 20.6. The topological polar surface area (TPSA) is 104 Å². The number of anilines is 1. The van der Waals surface area contributed by atoms with Crippen LogP contribution in [0.15, 0.2) is 24.3 Å². The van der Waals surface area contributed by atoms with Gasteiger partial charge in [-0.2, -0.15) is 0 Å². The van der Waals surface area contributed by atoms with E-state index >= 15 is 0 Å². The Morgan fingerprint density at radius 2 is 1.59 bits per heavy atom. The van der Waals surface area contributed by atoms with Crippen LogP contribution in [0.4, 0.5) is 5.69 Å². The highest BCUT2D eigenvalue weighted by Crippen LogP contribution is 2.31. The van der Waals surface area contributed by atoms with Crippen molar-refractivity contribution in [3.63, 3.8) is 0 Å². The van der Waals surface area contributed by atoms with Gasteiger partial charge in [-0.1, -0.05) is 25.0 Å². The molecule has 1 amide bonds. The van der Waals surface area contributed by atoms with E-state index in [4.69, 9.17) is 5.11 Å². The summed E-state index contributed by atoms with van der Waals surface area (Å²) in [7, 11) is 0. The predicted octanol–water partition coefficient (Wildman–Crippen LogP) is 2.14. The summed E-state index contributed by atoms with van der Waals surface area (Å²) >= 11 is 0. The summed E-state index contributed by atoms with van der Waals surface area (Å²) in [6, 6.07) is 6.54. The molecule has 0 bridgehead atoms. The Labute approximate surface area is 128 Å². The number of nitrogens with one attached hydrogen (secondary N) is 1. The van der Waals surface area contributed by atoms with Crippen molar-refractivity contribution in [2.24, 2.45) is 11.8 Å². The monoisotopic (exact) mass is 305 g/mol. The van der Waals surface area contributed by atoms with Crippen LogP contribution in [0.1, 0.15) is 31.2 Å². The van der Waals surface area contributed by atoms with E-state index in [0.717, 1.165) is 12.8 Å². The molecule has 6 nitrogen and oxygen atoms in total. The van der Waals surface area contributed by atoms with Crippen molar-refractivity contribution in [2.45, 2.75) is 32.1 Å². The van der Waals surface area contributed by atoms with Crippen LogP contribution in [0.25, 0.3) is 0 Å². The fourth-order valence-electron chi connectivity index (χ4n) is 2.86. The Morgan fingerprint density at radius 3 is 2.14 bits per heavy atom. The molecular weight excluding hydrogens is 286 g/mol. The van der Waals surface area contributed by atoms with Gasteiger partial charge in [-0.15, -0.1) is 0 Å². The number of carbonyl (C=O) groups is 3. The maximum atomic E-state index is 12.3. The molecule has 0 unspecified atom stereocenters. The lowest BCUT2D eigenvalue weighted by Crippen LogP contribution is -2.36. The maximum Gasteiger partial charge on any atom is 0.307 e. The summed E-state index contributed by atoms with van der Waals surface area (Å²) in [6.45, 7) is 0. The van der Waals surface area contributed by atoms with E-state index < -0.39 is 23.8 Å². The van der Waals surface area contributed by atoms with E-state index in [1.807, 2.05) is 0 Å². The van der Waals surface area contributed by atoms with Crippen LogP contribution in [0.2, 0.25) is 0 Å². The Kier molecular flexibility index (Phi) is 5.14. The first-order chi connectivity index (χ1) is 10.5. The Balaban J connectivity index is 2.01. The molecule has 0 heterocycles. The molecule has 6 heteroatoms. The summed E-state index contributed by atoms with van der Waals surface area (Å²) in [4.78, 5) is 34.1. The highest BCUT2D eigenvalue weighted by Gasteiger charge is 2.35. The van der Waals surface area contributed by atoms with Gasteiger partial charge < -0.3 is 15.5 Å². The lowest BCUT2D eigenvalue weighted by molar-refractivity contribution is -0.147. The third-order valence-corrected chi connectivity index (χ3v) is 4.00. The van der Waals surface area contributed by atoms with Crippen LogP contribution in [0, 0.1) is 11.8 Å². The average Bonchev–Trinajstić information content (AvgIpc) is 2.48. The van der Waals surface area contributed by atoms with E-state index in [9.17, 15) is 19.5 Å². The van der Waals surface area contributed by atoms with E-state index in [1.54, 1.807) is 24.3 Å². The SMILES string of the molecule is O=C(O)Cc1ccc(NC(=O)[C@@H]2CCCC[C@H]2C(=O)O)cc1.